The van der Waals surface area contributed by atoms with Gasteiger partial charge in [0.2, 0.25) is 0 Å². The molecule has 66 valence electrons. The Morgan fingerprint density at radius 1 is 1.33 bits per heavy atom. The molecule has 1 aromatic carbocycles. The highest BCUT2D eigenvalue weighted by Crippen LogP contribution is 2.16. The minimum Gasteiger partial charge on any atom is -0.313 e. The summed E-state index contributed by atoms with van der Waals surface area (Å²) in [6, 6.07) is 3.29. The molecule has 0 fully saturated rings. The summed E-state index contributed by atoms with van der Waals surface area (Å²) in [6.07, 6.45) is 0. The third kappa shape index (κ3) is 1.80. The van der Waals surface area contributed by atoms with E-state index in [0.29, 0.717) is 5.56 Å². The van der Waals surface area contributed by atoms with Gasteiger partial charge in [0.25, 0.3) is 0 Å². The summed E-state index contributed by atoms with van der Waals surface area (Å²) in [6.45, 7) is 1.78. The van der Waals surface area contributed by atoms with Gasteiger partial charge in [-0.2, -0.15) is 0 Å². The Hall–Kier alpha value is -0.960. The van der Waals surface area contributed by atoms with E-state index in [1.54, 1.807) is 14.0 Å². The molecule has 0 amide bonds. The predicted octanol–water partition coefficient (Wildman–Crippen LogP) is 2.25. The number of rotatable bonds is 2. The molecule has 3 heteroatoms. The molecule has 0 aliphatic rings. The Morgan fingerprint density at radius 2 is 2.00 bits per heavy atom. The van der Waals surface area contributed by atoms with Gasteiger partial charge in [-0.15, -0.1) is 0 Å². The quantitative estimate of drug-likeness (QED) is 0.719. The minimum atomic E-state index is -0.409. The lowest BCUT2D eigenvalue weighted by atomic mass is 10.1. The molecule has 0 spiro atoms. The van der Waals surface area contributed by atoms with Crippen LogP contribution in [0.2, 0.25) is 0 Å². The summed E-state index contributed by atoms with van der Waals surface area (Å²) in [5.74, 6) is -0.785. The average molecular weight is 171 g/mol. The maximum atomic E-state index is 13.0. The van der Waals surface area contributed by atoms with Crippen molar-refractivity contribution >= 4 is 0 Å². The molecule has 1 aromatic rings. The maximum Gasteiger partial charge on any atom is 0.128 e. The number of hydrogen-bond donors (Lipinski definition) is 1. The van der Waals surface area contributed by atoms with Gasteiger partial charge in [-0.1, -0.05) is 0 Å². The van der Waals surface area contributed by atoms with Crippen LogP contribution in [0.25, 0.3) is 0 Å². The third-order valence-electron chi connectivity index (χ3n) is 1.86. The molecule has 0 aliphatic heterocycles. The Labute approximate surface area is 70.4 Å². The second kappa shape index (κ2) is 3.63. The SMILES string of the molecule is CN[C@H](C)c1cc(F)ccc1F. The molecule has 0 radical (unpaired) electrons. The van der Waals surface area contributed by atoms with Gasteiger partial charge in [0.05, 0.1) is 0 Å². The average Bonchev–Trinajstić information content (AvgIpc) is 2.08. The highest BCUT2D eigenvalue weighted by atomic mass is 19.1. The van der Waals surface area contributed by atoms with E-state index in [4.69, 9.17) is 0 Å². The Bertz CT molecular complexity index is 273. The van der Waals surface area contributed by atoms with Gasteiger partial charge in [0.1, 0.15) is 11.6 Å². The van der Waals surface area contributed by atoms with E-state index in [1.165, 1.54) is 6.07 Å². The summed E-state index contributed by atoms with van der Waals surface area (Å²) in [4.78, 5) is 0. The standard InChI is InChI=1S/C9H11F2N/c1-6(12-2)8-5-7(10)3-4-9(8)11/h3-6,12H,1-2H3/t6-/m1/s1. The highest BCUT2D eigenvalue weighted by Gasteiger charge is 2.09. The predicted molar refractivity (Wildman–Crippen MR) is 43.8 cm³/mol. The molecule has 1 rings (SSSR count). The van der Waals surface area contributed by atoms with Crippen LogP contribution in [0.5, 0.6) is 0 Å². The van der Waals surface area contributed by atoms with E-state index in [0.717, 1.165) is 12.1 Å². The molecule has 1 nitrogen and oxygen atoms in total. The van der Waals surface area contributed by atoms with Crippen LogP contribution in [0.15, 0.2) is 18.2 Å². The van der Waals surface area contributed by atoms with Crippen LogP contribution in [0, 0.1) is 11.6 Å². The Kier molecular flexibility index (Phi) is 2.76. The first-order valence-electron chi connectivity index (χ1n) is 3.77. The summed E-state index contributed by atoms with van der Waals surface area (Å²) in [7, 11) is 1.70. The topological polar surface area (TPSA) is 12.0 Å². The number of benzene rings is 1. The number of halogens is 2. The summed E-state index contributed by atoms with van der Waals surface area (Å²) in [5.41, 5.74) is 0.359. The smallest absolute Gasteiger partial charge is 0.128 e. The largest absolute Gasteiger partial charge is 0.313 e. The van der Waals surface area contributed by atoms with Crippen molar-refractivity contribution in [3.8, 4) is 0 Å². The first-order chi connectivity index (χ1) is 5.65. The van der Waals surface area contributed by atoms with E-state index in [-0.39, 0.29) is 11.9 Å². The molecule has 0 heterocycles. The van der Waals surface area contributed by atoms with Crippen LogP contribution >= 0.6 is 0 Å². The number of hydrogen-bond acceptors (Lipinski definition) is 1. The van der Waals surface area contributed by atoms with Crippen LogP contribution in [0.1, 0.15) is 18.5 Å². The molecule has 12 heavy (non-hydrogen) atoms. The first kappa shape index (κ1) is 9.13. The van der Waals surface area contributed by atoms with E-state index in [1.807, 2.05) is 0 Å². The van der Waals surface area contributed by atoms with Gasteiger partial charge in [-0.05, 0) is 32.2 Å². The van der Waals surface area contributed by atoms with Gasteiger partial charge >= 0.3 is 0 Å². The maximum absolute atomic E-state index is 13.0. The number of nitrogens with one attached hydrogen (secondary N) is 1. The van der Waals surface area contributed by atoms with Crippen molar-refractivity contribution in [2.75, 3.05) is 7.05 Å². The second-order valence-electron chi connectivity index (χ2n) is 2.68. The third-order valence-corrected chi connectivity index (χ3v) is 1.86. The van der Waals surface area contributed by atoms with Crippen LogP contribution in [-0.2, 0) is 0 Å². The fourth-order valence-corrected chi connectivity index (χ4v) is 1.00. The lowest BCUT2D eigenvalue weighted by Crippen LogP contribution is -2.14. The van der Waals surface area contributed by atoms with Gasteiger partial charge in [-0.3, -0.25) is 0 Å². The van der Waals surface area contributed by atoms with Crippen LogP contribution in [0.4, 0.5) is 8.78 Å². The van der Waals surface area contributed by atoms with Crippen LogP contribution in [-0.4, -0.2) is 7.05 Å². The molecule has 0 bridgehead atoms. The fraction of sp³-hybridized carbons (Fsp3) is 0.333. The monoisotopic (exact) mass is 171 g/mol. The Morgan fingerprint density at radius 3 is 2.58 bits per heavy atom. The molecule has 1 atom stereocenters. The summed E-state index contributed by atoms with van der Waals surface area (Å²) in [5, 5.41) is 2.84. The van der Waals surface area contributed by atoms with Crippen molar-refractivity contribution in [2.24, 2.45) is 0 Å². The molecule has 0 saturated carbocycles. The van der Waals surface area contributed by atoms with E-state index in [2.05, 4.69) is 5.32 Å². The second-order valence-corrected chi connectivity index (χ2v) is 2.68. The van der Waals surface area contributed by atoms with Crippen LogP contribution < -0.4 is 5.32 Å². The van der Waals surface area contributed by atoms with E-state index >= 15 is 0 Å². The molecule has 1 N–H and O–H groups in total. The van der Waals surface area contributed by atoms with Gasteiger partial charge in [0, 0.05) is 11.6 Å². The van der Waals surface area contributed by atoms with Gasteiger partial charge < -0.3 is 5.32 Å². The van der Waals surface area contributed by atoms with Crippen molar-refractivity contribution < 1.29 is 8.78 Å². The lowest BCUT2D eigenvalue weighted by Gasteiger charge is -2.10. The highest BCUT2D eigenvalue weighted by molar-refractivity contribution is 5.21. The zero-order chi connectivity index (χ0) is 9.14. The van der Waals surface area contributed by atoms with Gasteiger partial charge in [0.15, 0.2) is 0 Å². The lowest BCUT2D eigenvalue weighted by molar-refractivity contribution is 0.546. The van der Waals surface area contributed by atoms with Crippen molar-refractivity contribution in [2.45, 2.75) is 13.0 Å². The normalized spacial score (nSPS) is 13.0. The molecule has 0 saturated heterocycles. The zero-order valence-corrected chi connectivity index (χ0v) is 7.07. The first-order valence-corrected chi connectivity index (χ1v) is 3.77. The van der Waals surface area contributed by atoms with Crippen LogP contribution in [0.3, 0.4) is 0 Å². The molecule has 0 aliphatic carbocycles. The Balaban J connectivity index is 3.04. The fourth-order valence-electron chi connectivity index (χ4n) is 1.00. The van der Waals surface area contributed by atoms with Crippen molar-refractivity contribution in [3.63, 3.8) is 0 Å². The van der Waals surface area contributed by atoms with Crippen molar-refractivity contribution in [1.29, 1.82) is 0 Å². The molecule has 0 unspecified atom stereocenters. The zero-order valence-electron chi connectivity index (χ0n) is 7.07. The summed E-state index contributed by atoms with van der Waals surface area (Å²) < 4.78 is 25.6. The van der Waals surface area contributed by atoms with Crippen molar-refractivity contribution in [3.05, 3.63) is 35.4 Å². The molecule has 0 aromatic heterocycles. The molecular formula is C9H11F2N. The van der Waals surface area contributed by atoms with Gasteiger partial charge in [-0.25, -0.2) is 8.78 Å². The minimum absolute atomic E-state index is 0.166. The molecular weight excluding hydrogens is 160 g/mol. The van der Waals surface area contributed by atoms with E-state index in [9.17, 15) is 8.78 Å². The van der Waals surface area contributed by atoms with E-state index < -0.39 is 5.82 Å². The van der Waals surface area contributed by atoms with Crippen molar-refractivity contribution in [1.82, 2.24) is 5.32 Å². The summed E-state index contributed by atoms with van der Waals surface area (Å²) >= 11 is 0.